The molecule has 0 bridgehead atoms. The highest BCUT2D eigenvalue weighted by molar-refractivity contribution is 7.81. The van der Waals surface area contributed by atoms with Crippen LogP contribution in [0.25, 0.3) is 0 Å². The molecule has 0 N–H and O–H groups in total. The summed E-state index contributed by atoms with van der Waals surface area (Å²) >= 11 is 8.58. The molecule has 2 heteroatoms. The Morgan fingerprint density at radius 2 is 1.50 bits per heavy atom. The molecule has 0 atom stereocenters. The van der Waals surface area contributed by atoms with Crippen LogP contribution in [0.5, 0.6) is 0 Å². The van der Waals surface area contributed by atoms with Crippen molar-refractivity contribution < 1.29 is 0 Å². The Morgan fingerprint density at radius 3 is 2.00 bits per heavy atom. The lowest BCUT2D eigenvalue weighted by Crippen LogP contribution is -2.03. The lowest BCUT2D eigenvalue weighted by Gasteiger charge is -2.09. The van der Waals surface area contributed by atoms with Crippen LogP contribution in [0.1, 0.15) is 45.4 Å². The van der Waals surface area contributed by atoms with E-state index in [1.807, 2.05) is 0 Å². The van der Waals surface area contributed by atoms with Gasteiger partial charge in [0, 0.05) is 0 Å². The van der Waals surface area contributed by atoms with Gasteiger partial charge < -0.3 is 0 Å². The Labute approximate surface area is 88.3 Å². The summed E-state index contributed by atoms with van der Waals surface area (Å²) in [6.07, 6.45) is 8.21. The van der Waals surface area contributed by atoms with Gasteiger partial charge in [0.1, 0.15) is 0 Å². The fourth-order valence-corrected chi connectivity index (χ4v) is 2.10. The molecule has 0 aliphatic heterocycles. The number of hydrogen-bond acceptors (Lipinski definition) is 2. The van der Waals surface area contributed by atoms with E-state index in [0.717, 1.165) is 17.4 Å². The van der Waals surface area contributed by atoms with E-state index in [1.54, 1.807) is 0 Å². The van der Waals surface area contributed by atoms with Gasteiger partial charge in [0.25, 0.3) is 0 Å². The molecule has 0 aliphatic rings. The molecular formula is C10H22S2. The van der Waals surface area contributed by atoms with E-state index >= 15 is 0 Å². The SMILES string of the molecule is CCCCCCCC(CS)CS. The first-order valence-corrected chi connectivity index (χ1v) is 6.33. The number of rotatable bonds is 8. The van der Waals surface area contributed by atoms with E-state index in [9.17, 15) is 0 Å². The molecule has 0 saturated carbocycles. The Hall–Kier alpha value is 0.700. The van der Waals surface area contributed by atoms with Crippen LogP contribution in [0.2, 0.25) is 0 Å². The van der Waals surface area contributed by atoms with Crippen LogP contribution in [0.4, 0.5) is 0 Å². The first kappa shape index (κ1) is 12.7. The fourth-order valence-electron chi connectivity index (χ4n) is 1.28. The highest BCUT2D eigenvalue weighted by atomic mass is 32.1. The molecule has 0 fully saturated rings. The zero-order valence-corrected chi connectivity index (χ0v) is 9.92. The maximum atomic E-state index is 4.29. The van der Waals surface area contributed by atoms with Crippen molar-refractivity contribution in [2.45, 2.75) is 45.4 Å². The third-order valence-corrected chi connectivity index (χ3v) is 3.27. The van der Waals surface area contributed by atoms with Crippen molar-refractivity contribution in [1.82, 2.24) is 0 Å². The molecule has 74 valence electrons. The molecule has 0 rings (SSSR count). The predicted molar refractivity (Wildman–Crippen MR) is 64.6 cm³/mol. The minimum absolute atomic E-state index is 0.735. The van der Waals surface area contributed by atoms with Crippen molar-refractivity contribution in [3.8, 4) is 0 Å². The van der Waals surface area contributed by atoms with E-state index < -0.39 is 0 Å². The molecule has 0 saturated heterocycles. The van der Waals surface area contributed by atoms with Gasteiger partial charge in [-0.3, -0.25) is 0 Å². The van der Waals surface area contributed by atoms with E-state index in [0.29, 0.717) is 0 Å². The Balaban J connectivity index is 3.06. The van der Waals surface area contributed by atoms with Crippen molar-refractivity contribution in [3.05, 3.63) is 0 Å². The van der Waals surface area contributed by atoms with Crippen LogP contribution in [0, 0.1) is 5.92 Å². The summed E-state index contributed by atoms with van der Waals surface area (Å²) in [7, 11) is 0. The monoisotopic (exact) mass is 206 g/mol. The standard InChI is InChI=1S/C10H22S2/c1-2-3-4-5-6-7-10(8-11)9-12/h10-12H,2-9H2,1H3. The van der Waals surface area contributed by atoms with Gasteiger partial charge in [-0.05, 0) is 23.8 Å². The molecule has 0 nitrogen and oxygen atoms in total. The van der Waals surface area contributed by atoms with Gasteiger partial charge >= 0.3 is 0 Å². The molecule has 0 aromatic carbocycles. The maximum Gasteiger partial charge on any atom is -0.00617 e. The van der Waals surface area contributed by atoms with Crippen LogP contribution < -0.4 is 0 Å². The minimum Gasteiger partial charge on any atom is -0.179 e. The zero-order chi connectivity index (χ0) is 9.23. The van der Waals surface area contributed by atoms with E-state index in [-0.39, 0.29) is 0 Å². The average Bonchev–Trinajstić information content (AvgIpc) is 2.11. The summed E-state index contributed by atoms with van der Waals surface area (Å²) < 4.78 is 0. The fraction of sp³-hybridized carbons (Fsp3) is 1.00. The normalized spacial score (nSPS) is 11.0. The van der Waals surface area contributed by atoms with Crippen LogP contribution in [0.3, 0.4) is 0 Å². The van der Waals surface area contributed by atoms with Gasteiger partial charge in [0.05, 0.1) is 0 Å². The van der Waals surface area contributed by atoms with Crippen molar-refractivity contribution in [1.29, 1.82) is 0 Å². The van der Waals surface area contributed by atoms with E-state index in [1.165, 1.54) is 38.5 Å². The lowest BCUT2D eigenvalue weighted by molar-refractivity contribution is 0.531. The van der Waals surface area contributed by atoms with Crippen LogP contribution >= 0.6 is 25.3 Å². The molecule has 0 unspecified atom stereocenters. The lowest BCUT2D eigenvalue weighted by atomic mass is 10.0. The van der Waals surface area contributed by atoms with Gasteiger partial charge in [-0.1, -0.05) is 39.0 Å². The first-order valence-electron chi connectivity index (χ1n) is 5.06. The maximum absolute atomic E-state index is 4.29. The van der Waals surface area contributed by atoms with Crippen molar-refractivity contribution in [3.63, 3.8) is 0 Å². The Kier molecular flexibility index (Phi) is 10.4. The summed E-state index contributed by atoms with van der Waals surface area (Å²) in [5.41, 5.74) is 0. The highest BCUT2D eigenvalue weighted by Gasteiger charge is 2.02. The van der Waals surface area contributed by atoms with Gasteiger partial charge in [-0.2, -0.15) is 25.3 Å². The Bertz CT molecular complexity index is 79.9. The minimum atomic E-state index is 0.735. The first-order chi connectivity index (χ1) is 5.85. The summed E-state index contributed by atoms with van der Waals surface area (Å²) in [5.74, 6) is 2.73. The molecule has 0 aromatic heterocycles. The molecule has 0 spiro atoms. The van der Waals surface area contributed by atoms with E-state index in [2.05, 4.69) is 32.2 Å². The highest BCUT2D eigenvalue weighted by Crippen LogP contribution is 2.13. The van der Waals surface area contributed by atoms with Gasteiger partial charge in [-0.15, -0.1) is 0 Å². The third-order valence-electron chi connectivity index (χ3n) is 2.23. The quantitative estimate of drug-likeness (QED) is 0.438. The summed E-state index contributed by atoms with van der Waals surface area (Å²) in [4.78, 5) is 0. The number of hydrogen-bond donors (Lipinski definition) is 2. The van der Waals surface area contributed by atoms with Crippen LogP contribution in [0.15, 0.2) is 0 Å². The molecule has 0 aliphatic carbocycles. The average molecular weight is 206 g/mol. The van der Waals surface area contributed by atoms with Crippen LogP contribution in [-0.4, -0.2) is 11.5 Å². The number of thiol groups is 2. The summed E-state index contributed by atoms with van der Waals surface area (Å²) in [6, 6.07) is 0. The molecule has 0 radical (unpaired) electrons. The second-order valence-corrected chi connectivity index (χ2v) is 4.16. The van der Waals surface area contributed by atoms with Crippen molar-refractivity contribution in [2.75, 3.05) is 11.5 Å². The van der Waals surface area contributed by atoms with Gasteiger partial charge in [0.2, 0.25) is 0 Å². The molecule has 0 aromatic rings. The largest absolute Gasteiger partial charge is 0.179 e. The van der Waals surface area contributed by atoms with Crippen molar-refractivity contribution in [2.24, 2.45) is 5.92 Å². The topological polar surface area (TPSA) is 0 Å². The second-order valence-electron chi connectivity index (χ2n) is 3.43. The summed E-state index contributed by atoms with van der Waals surface area (Å²) in [6.45, 7) is 2.25. The smallest absolute Gasteiger partial charge is 0.00617 e. The molecule has 0 heterocycles. The Morgan fingerprint density at radius 1 is 0.917 bits per heavy atom. The zero-order valence-electron chi connectivity index (χ0n) is 8.13. The van der Waals surface area contributed by atoms with Gasteiger partial charge in [-0.25, -0.2) is 0 Å². The van der Waals surface area contributed by atoms with E-state index in [4.69, 9.17) is 0 Å². The second kappa shape index (κ2) is 9.79. The van der Waals surface area contributed by atoms with Crippen molar-refractivity contribution >= 4 is 25.3 Å². The number of unbranched alkanes of at least 4 members (excludes halogenated alkanes) is 4. The van der Waals surface area contributed by atoms with Crippen LogP contribution in [-0.2, 0) is 0 Å². The van der Waals surface area contributed by atoms with Gasteiger partial charge in [0.15, 0.2) is 0 Å². The molecular weight excluding hydrogens is 184 g/mol. The summed E-state index contributed by atoms with van der Waals surface area (Å²) in [5, 5.41) is 0. The molecule has 12 heavy (non-hydrogen) atoms. The third kappa shape index (κ3) is 7.35. The predicted octanol–water partition coefficient (Wildman–Crippen LogP) is 3.82. The molecule has 0 amide bonds.